The van der Waals surface area contributed by atoms with Crippen molar-refractivity contribution in [3.63, 3.8) is 0 Å². The molecule has 0 aliphatic carbocycles. The van der Waals surface area contributed by atoms with E-state index in [1.807, 2.05) is 43.3 Å². The molecule has 24 heavy (non-hydrogen) atoms. The quantitative estimate of drug-likeness (QED) is 0.676. The normalized spacial score (nSPS) is 16.0. The summed E-state index contributed by atoms with van der Waals surface area (Å²) in [6, 6.07) is 14.7. The van der Waals surface area contributed by atoms with Gasteiger partial charge in [0, 0.05) is 5.56 Å². The fourth-order valence-corrected chi connectivity index (χ4v) is 2.26. The smallest absolute Gasteiger partial charge is 0.284 e. The second-order valence-electron chi connectivity index (χ2n) is 5.07. The molecule has 0 bridgehead atoms. The lowest BCUT2D eigenvalue weighted by molar-refractivity contribution is -0.130. The van der Waals surface area contributed by atoms with Crippen LogP contribution in [0.1, 0.15) is 12.5 Å². The molecule has 2 aromatic carbocycles. The van der Waals surface area contributed by atoms with Gasteiger partial charge in [-0.3, -0.25) is 4.79 Å². The van der Waals surface area contributed by atoms with Crippen molar-refractivity contribution < 1.29 is 19.0 Å². The molecule has 0 radical (unpaired) electrons. The molecule has 0 aromatic heterocycles. The summed E-state index contributed by atoms with van der Waals surface area (Å²) < 4.78 is 16.6. The molecule has 3 rings (SSSR count). The second kappa shape index (κ2) is 7.50. The minimum absolute atomic E-state index is 0.147. The lowest BCUT2D eigenvalue weighted by Gasteiger charge is -2.24. The standard InChI is InChI=1S/C18H18N2O4/c1-2-22-14-8-4-3-7-13(14)11-19-20-18(21)17-12-23-15-9-5-6-10-16(15)24-17/h3-11,17H,2,12H2,1H3,(H,20,21)/b19-11-/t17-/m0/s1. The Balaban J connectivity index is 1.60. The summed E-state index contributed by atoms with van der Waals surface area (Å²) in [5.74, 6) is 1.53. The Labute approximate surface area is 140 Å². The van der Waals surface area contributed by atoms with Gasteiger partial charge in [0.05, 0.1) is 12.8 Å². The highest BCUT2D eigenvalue weighted by Crippen LogP contribution is 2.30. The van der Waals surface area contributed by atoms with Crippen molar-refractivity contribution in [2.45, 2.75) is 13.0 Å². The molecule has 1 aliphatic rings. The number of ether oxygens (including phenoxy) is 3. The van der Waals surface area contributed by atoms with Crippen molar-refractivity contribution in [2.24, 2.45) is 5.10 Å². The van der Waals surface area contributed by atoms with Crippen LogP contribution < -0.4 is 19.6 Å². The number of para-hydroxylation sites is 3. The fourth-order valence-electron chi connectivity index (χ4n) is 2.26. The van der Waals surface area contributed by atoms with Gasteiger partial charge in [0.1, 0.15) is 12.4 Å². The third-order valence-corrected chi connectivity index (χ3v) is 3.40. The zero-order valence-corrected chi connectivity index (χ0v) is 13.3. The van der Waals surface area contributed by atoms with Crippen molar-refractivity contribution in [3.05, 3.63) is 54.1 Å². The van der Waals surface area contributed by atoms with Gasteiger partial charge in [-0.2, -0.15) is 5.10 Å². The van der Waals surface area contributed by atoms with Gasteiger partial charge in [-0.15, -0.1) is 0 Å². The van der Waals surface area contributed by atoms with E-state index in [4.69, 9.17) is 14.2 Å². The van der Waals surface area contributed by atoms with E-state index in [0.29, 0.717) is 23.9 Å². The maximum atomic E-state index is 12.1. The topological polar surface area (TPSA) is 69.2 Å². The van der Waals surface area contributed by atoms with Gasteiger partial charge in [0.2, 0.25) is 6.10 Å². The van der Waals surface area contributed by atoms with Crippen molar-refractivity contribution in [1.82, 2.24) is 5.43 Å². The molecule has 1 aliphatic heterocycles. The van der Waals surface area contributed by atoms with E-state index in [0.717, 1.165) is 5.56 Å². The molecular formula is C18H18N2O4. The van der Waals surface area contributed by atoms with E-state index in [2.05, 4.69) is 10.5 Å². The zero-order valence-electron chi connectivity index (χ0n) is 13.3. The Bertz CT molecular complexity index is 745. The summed E-state index contributed by atoms with van der Waals surface area (Å²) >= 11 is 0. The van der Waals surface area contributed by atoms with Crippen LogP contribution in [0.5, 0.6) is 17.2 Å². The number of amides is 1. The van der Waals surface area contributed by atoms with Crippen LogP contribution in [-0.4, -0.2) is 31.4 Å². The predicted octanol–water partition coefficient (Wildman–Crippen LogP) is 2.38. The molecule has 0 unspecified atom stereocenters. The van der Waals surface area contributed by atoms with Crippen LogP contribution in [0.3, 0.4) is 0 Å². The number of hydrogen-bond donors (Lipinski definition) is 1. The van der Waals surface area contributed by atoms with E-state index < -0.39 is 6.10 Å². The van der Waals surface area contributed by atoms with E-state index >= 15 is 0 Å². The Kier molecular flexibility index (Phi) is 4.96. The Morgan fingerprint density at radius 3 is 2.83 bits per heavy atom. The van der Waals surface area contributed by atoms with Crippen molar-refractivity contribution >= 4 is 12.1 Å². The maximum absolute atomic E-state index is 12.1. The summed E-state index contributed by atoms with van der Waals surface area (Å²) in [7, 11) is 0. The number of rotatable bonds is 5. The highest BCUT2D eigenvalue weighted by molar-refractivity contribution is 5.86. The number of hydrogen-bond acceptors (Lipinski definition) is 5. The van der Waals surface area contributed by atoms with Crippen LogP contribution in [0.4, 0.5) is 0 Å². The number of nitrogens with zero attached hydrogens (tertiary/aromatic N) is 1. The van der Waals surface area contributed by atoms with Gasteiger partial charge in [0.15, 0.2) is 11.5 Å². The van der Waals surface area contributed by atoms with E-state index in [1.54, 1.807) is 18.3 Å². The minimum atomic E-state index is -0.737. The summed E-state index contributed by atoms with van der Waals surface area (Å²) in [4.78, 5) is 12.1. The van der Waals surface area contributed by atoms with Crippen LogP contribution in [-0.2, 0) is 4.79 Å². The lowest BCUT2D eigenvalue weighted by Crippen LogP contribution is -2.42. The molecule has 0 spiro atoms. The van der Waals surface area contributed by atoms with Crippen molar-refractivity contribution in [3.8, 4) is 17.2 Å². The molecule has 0 fully saturated rings. The van der Waals surface area contributed by atoms with E-state index in [-0.39, 0.29) is 12.5 Å². The molecule has 1 amide bonds. The van der Waals surface area contributed by atoms with Gasteiger partial charge in [0.25, 0.3) is 5.91 Å². The number of carbonyl (C=O) groups is 1. The van der Waals surface area contributed by atoms with Gasteiger partial charge in [-0.25, -0.2) is 5.43 Å². The Morgan fingerprint density at radius 1 is 1.25 bits per heavy atom. The van der Waals surface area contributed by atoms with Crippen LogP contribution in [0.2, 0.25) is 0 Å². The molecule has 0 saturated heterocycles. The Hall–Kier alpha value is -3.02. The highest BCUT2D eigenvalue weighted by atomic mass is 16.6. The first-order chi connectivity index (χ1) is 11.8. The predicted molar refractivity (Wildman–Crippen MR) is 89.7 cm³/mol. The molecule has 1 heterocycles. The van der Waals surface area contributed by atoms with Gasteiger partial charge < -0.3 is 14.2 Å². The number of fused-ring (bicyclic) bond motifs is 1. The molecular weight excluding hydrogens is 308 g/mol. The van der Waals surface area contributed by atoms with Crippen LogP contribution in [0.25, 0.3) is 0 Å². The zero-order chi connectivity index (χ0) is 16.8. The molecule has 1 atom stereocenters. The first kappa shape index (κ1) is 15.9. The maximum Gasteiger partial charge on any atom is 0.284 e. The summed E-state index contributed by atoms with van der Waals surface area (Å²) in [6.07, 6.45) is 0.805. The molecule has 124 valence electrons. The minimum Gasteiger partial charge on any atom is -0.493 e. The molecule has 6 nitrogen and oxygen atoms in total. The van der Waals surface area contributed by atoms with Crippen LogP contribution in [0.15, 0.2) is 53.6 Å². The van der Waals surface area contributed by atoms with Crippen LogP contribution >= 0.6 is 0 Å². The van der Waals surface area contributed by atoms with E-state index in [1.165, 1.54) is 0 Å². The van der Waals surface area contributed by atoms with Gasteiger partial charge in [-0.05, 0) is 31.2 Å². The molecule has 0 saturated carbocycles. The molecule has 6 heteroatoms. The number of benzene rings is 2. The first-order valence-corrected chi connectivity index (χ1v) is 7.71. The second-order valence-corrected chi connectivity index (χ2v) is 5.07. The first-order valence-electron chi connectivity index (χ1n) is 7.71. The Morgan fingerprint density at radius 2 is 2.00 bits per heavy atom. The third kappa shape index (κ3) is 3.65. The number of hydrazone groups is 1. The average Bonchev–Trinajstić information content (AvgIpc) is 2.63. The summed E-state index contributed by atoms with van der Waals surface area (Å²) in [6.45, 7) is 2.62. The number of nitrogens with one attached hydrogen (secondary N) is 1. The summed E-state index contributed by atoms with van der Waals surface area (Å²) in [5, 5.41) is 3.98. The average molecular weight is 326 g/mol. The monoisotopic (exact) mass is 326 g/mol. The van der Waals surface area contributed by atoms with Gasteiger partial charge >= 0.3 is 0 Å². The van der Waals surface area contributed by atoms with Crippen LogP contribution in [0, 0.1) is 0 Å². The SMILES string of the molecule is CCOc1ccccc1/C=N\NC(=O)[C@@H]1COc2ccccc2O1. The lowest BCUT2D eigenvalue weighted by atomic mass is 10.2. The fraction of sp³-hybridized carbons (Fsp3) is 0.222. The van der Waals surface area contributed by atoms with Crippen molar-refractivity contribution in [1.29, 1.82) is 0 Å². The number of carbonyl (C=O) groups excluding carboxylic acids is 1. The van der Waals surface area contributed by atoms with E-state index in [9.17, 15) is 4.79 Å². The molecule has 2 aromatic rings. The van der Waals surface area contributed by atoms with Gasteiger partial charge in [-0.1, -0.05) is 24.3 Å². The highest BCUT2D eigenvalue weighted by Gasteiger charge is 2.26. The summed E-state index contributed by atoms with van der Waals surface area (Å²) in [5.41, 5.74) is 3.25. The third-order valence-electron chi connectivity index (χ3n) is 3.40. The largest absolute Gasteiger partial charge is 0.493 e. The van der Waals surface area contributed by atoms with Crippen molar-refractivity contribution in [2.75, 3.05) is 13.2 Å². The molecule has 1 N–H and O–H groups in total.